The molecule has 0 N–H and O–H groups in total. The van der Waals surface area contributed by atoms with Crippen LogP contribution in [-0.4, -0.2) is 33.9 Å². The lowest BCUT2D eigenvalue weighted by Gasteiger charge is -2.17. The molecule has 3 aromatic rings. The van der Waals surface area contributed by atoms with Crippen molar-refractivity contribution >= 4 is 46.5 Å². The SMILES string of the molecule is CN(Cc1ccccc1)C(=O)c1ccc(/C=C2\SC(=O)N(Cc3ccccc3Cl)C2=O)cc1. The molecule has 3 aromatic carbocycles. The van der Waals surface area contributed by atoms with E-state index in [2.05, 4.69) is 0 Å². The molecule has 0 aliphatic carbocycles. The maximum Gasteiger partial charge on any atom is 0.293 e. The summed E-state index contributed by atoms with van der Waals surface area (Å²) >= 11 is 7.07. The quantitative estimate of drug-likeness (QED) is 0.419. The zero-order chi connectivity index (χ0) is 23.4. The average molecular weight is 477 g/mol. The van der Waals surface area contributed by atoms with Gasteiger partial charge in [-0.05, 0) is 52.7 Å². The molecule has 33 heavy (non-hydrogen) atoms. The van der Waals surface area contributed by atoms with E-state index in [1.165, 1.54) is 4.90 Å². The molecule has 5 nitrogen and oxygen atoms in total. The number of benzene rings is 3. The van der Waals surface area contributed by atoms with Gasteiger partial charge in [0.1, 0.15) is 0 Å². The lowest BCUT2D eigenvalue weighted by molar-refractivity contribution is -0.123. The second-order valence-electron chi connectivity index (χ2n) is 7.63. The summed E-state index contributed by atoms with van der Waals surface area (Å²) in [6.07, 6.45) is 1.67. The van der Waals surface area contributed by atoms with Crippen molar-refractivity contribution in [2.45, 2.75) is 13.1 Å². The van der Waals surface area contributed by atoms with Crippen LogP contribution < -0.4 is 0 Å². The van der Waals surface area contributed by atoms with Crippen LogP contribution in [0.1, 0.15) is 27.0 Å². The molecule has 0 spiro atoms. The topological polar surface area (TPSA) is 57.7 Å². The fraction of sp³-hybridized carbons (Fsp3) is 0.115. The average Bonchev–Trinajstić information content (AvgIpc) is 3.08. The highest BCUT2D eigenvalue weighted by Gasteiger charge is 2.35. The minimum absolute atomic E-state index is 0.0922. The zero-order valence-electron chi connectivity index (χ0n) is 17.9. The lowest BCUT2D eigenvalue weighted by atomic mass is 10.1. The Morgan fingerprint density at radius 2 is 1.64 bits per heavy atom. The molecule has 0 aromatic heterocycles. The zero-order valence-corrected chi connectivity index (χ0v) is 19.5. The molecule has 3 amide bonds. The van der Waals surface area contributed by atoms with Gasteiger partial charge in [-0.1, -0.05) is 72.3 Å². The van der Waals surface area contributed by atoms with Crippen LogP contribution >= 0.6 is 23.4 Å². The number of rotatable bonds is 6. The summed E-state index contributed by atoms with van der Waals surface area (Å²) in [6.45, 7) is 0.642. The van der Waals surface area contributed by atoms with Crippen molar-refractivity contribution < 1.29 is 14.4 Å². The van der Waals surface area contributed by atoms with Crippen molar-refractivity contribution in [3.63, 3.8) is 0 Å². The highest BCUT2D eigenvalue weighted by Crippen LogP contribution is 2.34. The van der Waals surface area contributed by atoms with Gasteiger partial charge >= 0.3 is 0 Å². The molecule has 1 fully saturated rings. The van der Waals surface area contributed by atoms with Crippen molar-refractivity contribution in [3.8, 4) is 0 Å². The van der Waals surface area contributed by atoms with E-state index in [1.54, 1.807) is 60.5 Å². The van der Waals surface area contributed by atoms with E-state index >= 15 is 0 Å². The van der Waals surface area contributed by atoms with Gasteiger partial charge in [0.05, 0.1) is 11.4 Å². The van der Waals surface area contributed by atoms with Crippen LogP contribution in [0.4, 0.5) is 4.79 Å². The van der Waals surface area contributed by atoms with Gasteiger partial charge in [0.2, 0.25) is 0 Å². The largest absolute Gasteiger partial charge is 0.337 e. The molecule has 0 unspecified atom stereocenters. The molecule has 0 radical (unpaired) electrons. The first-order chi connectivity index (χ1) is 15.9. The van der Waals surface area contributed by atoms with E-state index in [9.17, 15) is 14.4 Å². The molecule has 1 aliphatic heterocycles. The third-order valence-corrected chi connectivity index (χ3v) is 6.50. The highest BCUT2D eigenvalue weighted by atomic mass is 35.5. The van der Waals surface area contributed by atoms with E-state index in [4.69, 9.17) is 11.6 Å². The Balaban J connectivity index is 1.44. The van der Waals surface area contributed by atoms with Crippen LogP contribution in [0.25, 0.3) is 6.08 Å². The van der Waals surface area contributed by atoms with Crippen LogP contribution in [0, 0.1) is 0 Å². The van der Waals surface area contributed by atoms with Gasteiger partial charge in [-0.2, -0.15) is 0 Å². The van der Waals surface area contributed by atoms with Crippen LogP contribution in [0.15, 0.2) is 83.8 Å². The number of halogens is 1. The maximum atomic E-state index is 12.8. The fourth-order valence-electron chi connectivity index (χ4n) is 3.46. The summed E-state index contributed by atoms with van der Waals surface area (Å²) in [5, 5.41) is 0.179. The van der Waals surface area contributed by atoms with Crippen molar-refractivity contribution in [3.05, 3.63) is 111 Å². The maximum absolute atomic E-state index is 12.8. The predicted molar refractivity (Wildman–Crippen MR) is 132 cm³/mol. The van der Waals surface area contributed by atoms with E-state index in [1.807, 2.05) is 36.4 Å². The first-order valence-corrected chi connectivity index (χ1v) is 11.5. The summed E-state index contributed by atoms with van der Waals surface area (Å²) in [5.41, 5.74) is 3.06. The van der Waals surface area contributed by atoms with Crippen LogP contribution in [0.3, 0.4) is 0 Å². The summed E-state index contributed by atoms with van der Waals surface area (Å²) in [5.74, 6) is -0.446. The number of hydrogen-bond donors (Lipinski definition) is 0. The first-order valence-electron chi connectivity index (χ1n) is 10.3. The van der Waals surface area contributed by atoms with Crippen LogP contribution in [0.2, 0.25) is 5.02 Å². The van der Waals surface area contributed by atoms with E-state index in [0.717, 1.165) is 22.9 Å². The smallest absolute Gasteiger partial charge is 0.293 e. The summed E-state index contributed by atoms with van der Waals surface area (Å²) < 4.78 is 0. The minimum atomic E-state index is -0.354. The number of hydrogen-bond acceptors (Lipinski definition) is 4. The summed E-state index contributed by atoms with van der Waals surface area (Å²) in [6, 6.07) is 23.9. The number of amides is 3. The van der Waals surface area contributed by atoms with Gasteiger partial charge < -0.3 is 4.90 Å². The lowest BCUT2D eigenvalue weighted by Crippen LogP contribution is -2.27. The van der Waals surface area contributed by atoms with Crippen LogP contribution in [0.5, 0.6) is 0 Å². The Morgan fingerprint density at radius 3 is 2.33 bits per heavy atom. The Hall–Kier alpha value is -3.35. The second kappa shape index (κ2) is 10.1. The van der Waals surface area contributed by atoms with Gasteiger partial charge in [-0.3, -0.25) is 19.3 Å². The number of carbonyl (C=O) groups excluding carboxylic acids is 3. The number of thioether (sulfide) groups is 1. The van der Waals surface area contributed by atoms with Gasteiger partial charge in [0.25, 0.3) is 17.1 Å². The van der Waals surface area contributed by atoms with Gasteiger partial charge in [0, 0.05) is 24.2 Å². The van der Waals surface area contributed by atoms with E-state index in [-0.39, 0.29) is 23.6 Å². The normalized spacial score (nSPS) is 14.7. The third kappa shape index (κ3) is 5.35. The Bertz CT molecular complexity index is 1230. The summed E-state index contributed by atoms with van der Waals surface area (Å²) in [4.78, 5) is 41.1. The number of carbonyl (C=O) groups is 3. The molecule has 0 bridgehead atoms. The van der Waals surface area contributed by atoms with Crippen LogP contribution in [-0.2, 0) is 17.9 Å². The molecular weight excluding hydrogens is 456 g/mol. The summed E-state index contributed by atoms with van der Waals surface area (Å²) in [7, 11) is 1.76. The minimum Gasteiger partial charge on any atom is -0.337 e. The molecule has 0 atom stereocenters. The Morgan fingerprint density at radius 1 is 0.970 bits per heavy atom. The molecule has 4 rings (SSSR count). The van der Waals surface area contributed by atoms with Crippen molar-refractivity contribution in [2.75, 3.05) is 7.05 Å². The number of imide groups is 1. The van der Waals surface area contributed by atoms with E-state index < -0.39 is 0 Å². The molecule has 1 saturated heterocycles. The van der Waals surface area contributed by atoms with Crippen molar-refractivity contribution in [1.82, 2.24) is 9.80 Å². The molecular formula is C26H21ClN2O3S. The molecule has 0 saturated carbocycles. The second-order valence-corrected chi connectivity index (χ2v) is 9.03. The van der Waals surface area contributed by atoms with Gasteiger partial charge in [-0.15, -0.1) is 0 Å². The predicted octanol–water partition coefficient (Wildman–Crippen LogP) is 5.85. The van der Waals surface area contributed by atoms with E-state index in [0.29, 0.717) is 27.6 Å². The molecule has 7 heteroatoms. The van der Waals surface area contributed by atoms with Gasteiger partial charge in [-0.25, -0.2) is 0 Å². The monoisotopic (exact) mass is 476 g/mol. The van der Waals surface area contributed by atoms with Gasteiger partial charge in [0.15, 0.2) is 0 Å². The molecule has 1 heterocycles. The van der Waals surface area contributed by atoms with Crippen molar-refractivity contribution in [2.24, 2.45) is 0 Å². The highest BCUT2D eigenvalue weighted by molar-refractivity contribution is 8.18. The Kier molecular flexibility index (Phi) is 6.96. The molecule has 1 aliphatic rings. The number of nitrogens with zero attached hydrogens (tertiary/aromatic N) is 2. The first kappa shape index (κ1) is 22.8. The fourth-order valence-corrected chi connectivity index (χ4v) is 4.49. The van der Waals surface area contributed by atoms with Crippen molar-refractivity contribution in [1.29, 1.82) is 0 Å². The third-order valence-electron chi connectivity index (χ3n) is 5.22. The standard InChI is InChI=1S/C26H21ClN2O3S/c1-28(16-19-7-3-2-4-8-19)24(30)20-13-11-18(12-14-20)15-23-25(31)29(26(32)33-23)17-21-9-5-6-10-22(21)27/h2-15H,16-17H2,1H3/b23-15-. The molecule has 166 valence electrons. The Labute approximate surface area is 201 Å².